The maximum Gasteiger partial charge on any atom is 0.321 e. The van der Waals surface area contributed by atoms with Gasteiger partial charge in [0.25, 0.3) is 5.91 Å². The predicted octanol–water partition coefficient (Wildman–Crippen LogP) is -0.634. The molecule has 0 atom stereocenters. The number of H-pyrrole nitrogens is 2. The number of carbonyl (C=O) groups is 1. The first-order valence-corrected chi connectivity index (χ1v) is 4.51. The first-order valence-electron chi connectivity index (χ1n) is 4.51. The summed E-state index contributed by atoms with van der Waals surface area (Å²) in [6.07, 6.45) is 0. The molecule has 0 spiro atoms. The highest BCUT2D eigenvalue weighted by atomic mass is 16.6. The molecule has 3 N–H and O–H groups in total. The van der Waals surface area contributed by atoms with Gasteiger partial charge in [-0.1, -0.05) is 5.21 Å². The zero-order valence-electron chi connectivity index (χ0n) is 8.38. The number of rotatable bonds is 4. The lowest BCUT2D eigenvalue weighted by molar-refractivity contribution is -0.389. The number of carbonyl (C=O) groups excluding carboxylic acids is 1. The summed E-state index contributed by atoms with van der Waals surface area (Å²) in [4.78, 5) is 23.7. The minimum absolute atomic E-state index is 0.0855. The molecule has 2 heterocycles. The average Bonchev–Trinajstić information content (AvgIpc) is 2.96. The molecule has 10 nitrogen and oxygen atoms in total. The molecule has 88 valence electrons. The van der Waals surface area contributed by atoms with Crippen molar-refractivity contribution in [3.63, 3.8) is 0 Å². The summed E-state index contributed by atoms with van der Waals surface area (Å²) >= 11 is 0. The van der Waals surface area contributed by atoms with Crippen LogP contribution in [0.2, 0.25) is 0 Å². The first-order chi connectivity index (χ1) is 8.16. The van der Waals surface area contributed by atoms with Crippen molar-refractivity contribution in [2.45, 2.75) is 6.54 Å². The van der Waals surface area contributed by atoms with Gasteiger partial charge in [-0.05, 0) is 11.0 Å². The van der Waals surface area contributed by atoms with Crippen molar-refractivity contribution in [1.29, 1.82) is 0 Å². The van der Waals surface area contributed by atoms with Crippen molar-refractivity contribution < 1.29 is 9.72 Å². The van der Waals surface area contributed by atoms with Crippen LogP contribution in [0, 0.1) is 10.1 Å². The number of nitrogens with zero attached hydrogens (tertiary/aromatic N) is 4. The zero-order valence-corrected chi connectivity index (χ0v) is 8.38. The maximum absolute atomic E-state index is 11.5. The molecule has 0 aliphatic rings. The quantitative estimate of drug-likeness (QED) is 0.477. The topological polar surface area (TPSA) is 142 Å². The van der Waals surface area contributed by atoms with E-state index < -0.39 is 10.8 Å². The van der Waals surface area contributed by atoms with Crippen LogP contribution in [0.3, 0.4) is 0 Å². The largest absolute Gasteiger partial charge is 0.358 e. The smallest absolute Gasteiger partial charge is 0.321 e. The lowest BCUT2D eigenvalue weighted by Gasteiger charge is -1.97. The lowest BCUT2D eigenvalue weighted by Crippen LogP contribution is -2.23. The normalized spacial score (nSPS) is 10.1. The summed E-state index contributed by atoms with van der Waals surface area (Å²) in [7, 11) is 0. The molecule has 0 radical (unpaired) electrons. The molecule has 0 aliphatic heterocycles. The van der Waals surface area contributed by atoms with Crippen LogP contribution in [-0.2, 0) is 6.54 Å². The molecule has 1 amide bonds. The van der Waals surface area contributed by atoms with Crippen molar-refractivity contribution in [3.05, 3.63) is 33.8 Å². The van der Waals surface area contributed by atoms with E-state index in [1.165, 1.54) is 12.1 Å². The van der Waals surface area contributed by atoms with Crippen molar-refractivity contribution in [1.82, 2.24) is 30.9 Å². The fraction of sp³-hybridized carbons (Fsp3) is 0.143. The van der Waals surface area contributed by atoms with Crippen LogP contribution in [0.4, 0.5) is 5.82 Å². The Balaban J connectivity index is 1.97. The molecule has 0 fully saturated rings. The van der Waals surface area contributed by atoms with E-state index in [4.69, 9.17) is 0 Å². The number of aromatic nitrogens is 5. The molecule has 0 saturated heterocycles. The predicted molar refractivity (Wildman–Crippen MR) is 52.8 cm³/mol. The summed E-state index contributed by atoms with van der Waals surface area (Å²) in [5, 5.41) is 25.7. The summed E-state index contributed by atoms with van der Waals surface area (Å²) in [6.45, 7) is 0.0855. The van der Waals surface area contributed by atoms with Crippen molar-refractivity contribution in [2.75, 3.05) is 0 Å². The summed E-state index contributed by atoms with van der Waals surface area (Å²) < 4.78 is 0. The van der Waals surface area contributed by atoms with Crippen molar-refractivity contribution >= 4 is 11.7 Å². The third-order valence-corrected chi connectivity index (χ3v) is 1.91. The number of hydrogen-bond acceptors (Lipinski definition) is 6. The fourth-order valence-electron chi connectivity index (χ4n) is 1.13. The van der Waals surface area contributed by atoms with Gasteiger partial charge in [0.1, 0.15) is 0 Å². The Kier molecular flexibility index (Phi) is 2.77. The first kappa shape index (κ1) is 10.7. The number of tetrazole rings is 1. The van der Waals surface area contributed by atoms with Gasteiger partial charge in [0.15, 0.2) is 11.5 Å². The Morgan fingerprint density at radius 1 is 1.53 bits per heavy atom. The summed E-state index contributed by atoms with van der Waals surface area (Å²) in [6, 6.07) is 2.53. The Hall–Kier alpha value is -2.78. The maximum atomic E-state index is 11.5. The Labute approximate surface area is 93.6 Å². The molecule has 0 unspecified atom stereocenters. The molecule has 2 aromatic heterocycles. The summed E-state index contributed by atoms with van der Waals surface area (Å²) in [5.41, 5.74) is 0.0974. The molecule has 0 saturated carbocycles. The van der Waals surface area contributed by atoms with Gasteiger partial charge in [0, 0.05) is 6.07 Å². The molecule has 0 aromatic carbocycles. The Morgan fingerprint density at radius 2 is 2.35 bits per heavy atom. The second-order valence-corrected chi connectivity index (χ2v) is 3.03. The van der Waals surface area contributed by atoms with Crippen LogP contribution in [0.1, 0.15) is 16.3 Å². The van der Waals surface area contributed by atoms with E-state index in [2.05, 4.69) is 30.9 Å². The second-order valence-electron chi connectivity index (χ2n) is 3.03. The van der Waals surface area contributed by atoms with Gasteiger partial charge in [-0.25, -0.2) is 4.98 Å². The number of amides is 1. The molecule has 2 aromatic rings. The molecule has 10 heteroatoms. The Bertz CT molecular complexity index is 531. The third kappa shape index (κ3) is 2.42. The van der Waals surface area contributed by atoms with Crippen molar-refractivity contribution in [2.24, 2.45) is 0 Å². The number of nitro groups is 1. The van der Waals surface area contributed by atoms with Crippen LogP contribution in [0.15, 0.2) is 12.1 Å². The molecule has 0 bridgehead atoms. The lowest BCUT2D eigenvalue weighted by atomic mass is 10.4. The van der Waals surface area contributed by atoms with E-state index >= 15 is 0 Å². The van der Waals surface area contributed by atoms with E-state index in [9.17, 15) is 14.9 Å². The van der Waals surface area contributed by atoms with Gasteiger partial charge in [-0.2, -0.15) is 5.21 Å². The highest BCUT2D eigenvalue weighted by Gasteiger charge is 2.15. The molecule has 2 rings (SSSR count). The van der Waals surface area contributed by atoms with Crippen LogP contribution in [0.25, 0.3) is 0 Å². The Morgan fingerprint density at radius 3 is 2.94 bits per heavy atom. The number of aromatic amines is 2. The zero-order chi connectivity index (χ0) is 12.3. The molecule has 0 aliphatic carbocycles. The highest BCUT2D eigenvalue weighted by Crippen LogP contribution is 2.09. The fourth-order valence-corrected chi connectivity index (χ4v) is 1.13. The van der Waals surface area contributed by atoms with Gasteiger partial charge < -0.3 is 15.4 Å². The monoisotopic (exact) mass is 237 g/mol. The van der Waals surface area contributed by atoms with Crippen LogP contribution in [-0.4, -0.2) is 36.4 Å². The van der Waals surface area contributed by atoms with Crippen molar-refractivity contribution in [3.8, 4) is 0 Å². The van der Waals surface area contributed by atoms with E-state index in [-0.39, 0.29) is 18.1 Å². The average molecular weight is 237 g/mol. The number of hydrogen-bond donors (Lipinski definition) is 3. The van der Waals surface area contributed by atoms with Gasteiger partial charge in [0.05, 0.1) is 6.54 Å². The molecular formula is C7H7N7O3. The van der Waals surface area contributed by atoms with Crippen LogP contribution < -0.4 is 5.32 Å². The van der Waals surface area contributed by atoms with E-state index in [1.807, 2.05) is 0 Å². The highest BCUT2D eigenvalue weighted by molar-refractivity contribution is 5.92. The SMILES string of the molecule is O=C(NCc1nn[nH]n1)c1ccc([N+](=O)[O-])[nH]1. The summed E-state index contributed by atoms with van der Waals surface area (Å²) in [5.74, 6) is -0.406. The van der Waals surface area contributed by atoms with Crippen LogP contribution >= 0.6 is 0 Å². The minimum Gasteiger partial charge on any atom is -0.358 e. The standard InChI is InChI=1S/C7H7N7O3/c15-7(8-3-5-10-12-13-11-5)4-1-2-6(9-4)14(16)17/h1-2,9H,3H2,(H,8,15)(H,10,11,12,13). The van der Waals surface area contributed by atoms with Gasteiger partial charge >= 0.3 is 5.82 Å². The van der Waals surface area contributed by atoms with Crippen LogP contribution in [0.5, 0.6) is 0 Å². The minimum atomic E-state index is -0.615. The van der Waals surface area contributed by atoms with E-state index in [0.29, 0.717) is 5.82 Å². The van der Waals surface area contributed by atoms with E-state index in [1.54, 1.807) is 0 Å². The number of nitrogens with one attached hydrogen (secondary N) is 3. The van der Waals surface area contributed by atoms with E-state index in [0.717, 1.165) is 0 Å². The van der Waals surface area contributed by atoms with Gasteiger partial charge in [0.2, 0.25) is 0 Å². The van der Waals surface area contributed by atoms with Gasteiger partial charge in [-0.15, -0.1) is 10.2 Å². The van der Waals surface area contributed by atoms with Gasteiger partial charge in [-0.3, -0.25) is 4.79 Å². The third-order valence-electron chi connectivity index (χ3n) is 1.91. The second kappa shape index (κ2) is 4.38. The molecule has 17 heavy (non-hydrogen) atoms. The molecular weight excluding hydrogens is 230 g/mol.